The summed E-state index contributed by atoms with van der Waals surface area (Å²) in [7, 11) is 0. The second-order valence-electron chi connectivity index (χ2n) is 5.49. The van der Waals surface area contributed by atoms with Crippen LogP contribution in [0, 0.1) is 0 Å². The SMILES string of the molecule is CC(C)c1cc(NC(=O)CN2CCCCC2C=O)on1. The maximum Gasteiger partial charge on any atom is 0.240 e. The molecule has 1 unspecified atom stereocenters. The zero-order chi connectivity index (χ0) is 14.5. The number of hydrogen-bond acceptors (Lipinski definition) is 5. The summed E-state index contributed by atoms with van der Waals surface area (Å²) < 4.78 is 5.07. The minimum absolute atomic E-state index is 0.143. The molecule has 1 aromatic heterocycles. The van der Waals surface area contributed by atoms with Crippen LogP contribution in [0.3, 0.4) is 0 Å². The third-order valence-corrected chi connectivity index (χ3v) is 3.55. The number of piperidine rings is 1. The highest BCUT2D eigenvalue weighted by molar-refractivity contribution is 5.91. The van der Waals surface area contributed by atoms with Crippen molar-refractivity contribution in [1.29, 1.82) is 0 Å². The van der Waals surface area contributed by atoms with Crippen LogP contribution in [0.5, 0.6) is 0 Å². The highest BCUT2D eigenvalue weighted by Crippen LogP contribution is 2.18. The summed E-state index contributed by atoms with van der Waals surface area (Å²) in [5, 5.41) is 6.57. The van der Waals surface area contributed by atoms with E-state index in [1.807, 2.05) is 18.7 Å². The van der Waals surface area contributed by atoms with Crippen LogP contribution in [0.15, 0.2) is 10.6 Å². The number of nitrogens with zero attached hydrogens (tertiary/aromatic N) is 2. The smallest absolute Gasteiger partial charge is 0.240 e. The summed E-state index contributed by atoms with van der Waals surface area (Å²) in [6.45, 7) is 5.00. The molecule has 1 amide bonds. The molecule has 6 heteroatoms. The summed E-state index contributed by atoms with van der Waals surface area (Å²) in [5.74, 6) is 0.439. The van der Waals surface area contributed by atoms with Gasteiger partial charge in [-0.15, -0.1) is 0 Å². The number of hydrogen-bond donors (Lipinski definition) is 1. The molecule has 2 rings (SSSR count). The number of likely N-dealkylation sites (tertiary alicyclic amines) is 1. The summed E-state index contributed by atoms with van der Waals surface area (Å²) in [6, 6.07) is 1.59. The molecule has 1 saturated heterocycles. The van der Waals surface area contributed by atoms with Gasteiger partial charge in [0, 0.05) is 6.07 Å². The fraction of sp³-hybridized carbons (Fsp3) is 0.643. The molecular formula is C14H21N3O3. The van der Waals surface area contributed by atoms with Crippen LogP contribution in [-0.4, -0.2) is 41.4 Å². The van der Waals surface area contributed by atoms with Crippen molar-refractivity contribution in [2.75, 3.05) is 18.4 Å². The van der Waals surface area contributed by atoms with Crippen molar-refractivity contribution < 1.29 is 14.1 Å². The fourth-order valence-electron chi connectivity index (χ4n) is 2.35. The maximum absolute atomic E-state index is 12.0. The average Bonchev–Trinajstić information content (AvgIpc) is 2.88. The number of anilines is 1. The molecule has 6 nitrogen and oxygen atoms in total. The highest BCUT2D eigenvalue weighted by Gasteiger charge is 2.24. The van der Waals surface area contributed by atoms with Crippen molar-refractivity contribution in [2.24, 2.45) is 0 Å². The molecule has 1 atom stereocenters. The number of aromatic nitrogens is 1. The minimum atomic E-state index is -0.176. The standard InChI is InChI=1S/C14H21N3O3/c1-10(2)12-7-14(20-16-12)15-13(19)8-17-6-4-3-5-11(17)9-18/h7,9-11H,3-6,8H2,1-2H3,(H,15,19). The second kappa shape index (κ2) is 6.65. The van der Waals surface area contributed by atoms with E-state index in [1.165, 1.54) is 0 Å². The lowest BCUT2D eigenvalue weighted by atomic mass is 10.0. The van der Waals surface area contributed by atoms with Gasteiger partial charge in [0.25, 0.3) is 0 Å². The molecule has 20 heavy (non-hydrogen) atoms. The predicted molar refractivity (Wildman–Crippen MR) is 74.5 cm³/mol. The Balaban J connectivity index is 1.89. The first-order valence-electron chi connectivity index (χ1n) is 7.06. The molecule has 0 spiro atoms. The Morgan fingerprint density at radius 3 is 3.05 bits per heavy atom. The number of rotatable bonds is 5. The van der Waals surface area contributed by atoms with Crippen LogP contribution in [-0.2, 0) is 9.59 Å². The second-order valence-corrected chi connectivity index (χ2v) is 5.49. The maximum atomic E-state index is 12.0. The molecule has 0 aromatic carbocycles. The normalized spacial score (nSPS) is 20.1. The number of nitrogens with one attached hydrogen (secondary N) is 1. The Hall–Kier alpha value is -1.69. The molecule has 0 radical (unpaired) electrons. The van der Waals surface area contributed by atoms with E-state index in [0.29, 0.717) is 5.88 Å². The third-order valence-electron chi connectivity index (χ3n) is 3.55. The Labute approximate surface area is 118 Å². The van der Waals surface area contributed by atoms with Gasteiger partial charge in [-0.05, 0) is 25.3 Å². The Kier molecular flexibility index (Phi) is 4.89. The van der Waals surface area contributed by atoms with Gasteiger partial charge in [-0.1, -0.05) is 25.4 Å². The van der Waals surface area contributed by atoms with E-state index in [4.69, 9.17) is 4.52 Å². The van der Waals surface area contributed by atoms with E-state index in [0.717, 1.165) is 37.8 Å². The van der Waals surface area contributed by atoms with Gasteiger partial charge in [0.2, 0.25) is 11.8 Å². The van der Waals surface area contributed by atoms with Crippen LogP contribution in [0.4, 0.5) is 5.88 Å². The molecular weight excluding hydrogens is 258 g/mol. The van der Waals surface area contributed by atoms with E-state index in [-0.39, 0.29) is 24.4 Å². The molecule has 1 N–H and O–H groups in total. The lowest BCUT2D eigenvalue weighted by Crippen LogP contribution is -2.44. The Morgan fingerprint density at radius 1 is 1.60 bits per heavy atom. The topological polar surface area (TPSA) is 75.4 Å². The Bertz CT molecular complexity index is 470. The fourth-order valence-corrected chi connectivity index (χ4v) is 2.35. The van der Waals surface area contributed by atoms with Gasteiger partial charge < -0.3 is 9.32 Å². The zero-order valence-electron chi connectivity index (χ0n) is 12.0. The highest BCUT2D eigenvalue weighted by atomic mass is 16.5. The van der Waals surface area contributed by atoms with Gasteiger partial charge in [0.15, 0.2) is 0 Å². The molecule has 0 bridgehead atoms. The minimum Gasteiger partial charge on any atom is -0.338 e. The number of carbonyl (C=O) groups is 2. The van der Waals surface area contributed by atoms with Crippen LogP contribution in [0.25, 0.3) is 0 Å². The van der Waals surface area contributed by atoms with Gasteiger partial charge >= 0.3 is 0 Å². The first kappa shape index (κ1) is 14.7. The van der Waals surface area contributed by atoms with Gasteiger partial charge in [0.05, 0.1) is 18.3 Å². The number of carbonyl (C=O) groups excluding carboxylic acids is 2. The van der Waals surface area contributed by atoms with Gasteiger partial charge in [-0.2, -0.15) is 0 Å². The number of amides is 1. The van der Waals surface area contributed by atoms with E-state index in [9.17, 15) is 9.59 Å². The molecule has 0 aliphatic carbocycles. The van der Waals surface area contributed by atoms with Crippen molar-refractivity contribution in [3.63, 3.8) is 0 Å². The van der Waals surface area contributed by atoms with E-state index < -0.39 is 0 Å². The van der Waals surface area contributed by atoms with Crippen molar-refractivity contribution >= 4 is 18.1 Å². The van der Waals surface area contributed by atoms with Gasteiger partial charge in [-0.3, -0.25) is 15.0 Å². The van der Waals surface area contributed by atoms with E-state index in [2.05, 4.69) is 10.5 Å². The van der Waals surface area contributed by atoms with E-state index in [1.54, 1.807) is 6.07 Å². The van der Waals surface area contributed by atoms with Gasteiger partial charge in [0.1, 0.15) is 6.29 Å². The molecule has 110 valence electrons. The van der Waals surface area contributed by atoms with Crippen LogP contribution < -0.4 is 5.32 Å². The van der Waals surface area contributed by atoms with Crippen LogP contribution >= 0.6 is 0 Å². The van der Waals surface area contributed by atoms with Gasteiger partial charge in [-0.25, -0.2) is 0 Å². The van der Waals surface area contributed by atoms with Crippen LogP contribution in [0.2, 0.25) is 0 Å². The first-order valence-corrected chi connectivity index (χ1v) is 7.06. The average molecular weight is 279 g/mol. The van der Waals surface area contributed by atoms with Crippen LogP contribution in [0.1, 0.15) is 44.7 Å². The zero-order valence-corrected chi connectivity index (χ0v) is 12.0. The molecule has 2 heterocycles. The van der Waals surface area contributed by atoms with Crippen molar-refractivity contribution in [2.45, 2.75) is 45.1 Å². The largest absolute Gasteiger partial charge is 0.338 e. The van der Waals surface area contributed by atoms with Crippen molar-refractivity contribution in [3.8, 4) is 0 Å². The van der Waals surface area contributed by atoms with Crippen molar-refractivity contribution in [3.05, 3.63) is 11.8 Å². The monoisotopic (exact) mass is 279 g/mol. The number of aldehydes is 1. The summed E-state index contributed by atoms with van der Waals surface area (Å²) in [5.41, 5.74) is 0.809. The molecule has 1 aliphatic heterocycles. The summed E-state index contributed by atoms with van der Waals surface area (Å²) >= 11 is 0. The molecule has 0 saturated carbocycles. The first-order chi connectivity index (χ1) is 9.60. The lowest BCUT2D eigenvalue weighted by molar-refractivity contribution is -0.120. The van der Waals surface area contributed by atoms with Crippen molar-refractivity contribution in [1.82, 2.24) is 10.1 Å². The van der Waals surface area contributed by atoms with E-state index >= 15 is 0 Å². The lowest BCUT2D eigenvalue weighted by Gasteiger charge is -2.31. The quantitative estimate of drug-likeness (QED) is 0.832. The summed E-state index contributed by atoms with van der Waals surface area (Å²) in [4.78, 5) is 24.9. The third kappa shape index (κ3) is 3.66. The molecule has 1 aliphatic rings. The predicted octanol–water partition coefficient (Wildman–Crippen LogP) is 1.79. The molecule has 1 aromatic rings. The molecule has 1 fully saturated rings. The Morgan fingerprint density at radius 2 is 2.40 bits per heavy atom. The summed E-state index contributed by atoms with van der Waals surface area (Å²) in [6.07, 6.45) is 3.83.